The average Bonchev–Trinajstić information content (AvgIpc) is 3.34. The van der Waals surface area contributed by atoms with Crippen molar-refractivity contribution in [1.29, 1.82) is 0 Å². The van der Waals surface area contributed by atoms with Crippen LogP contribution in [0.4, 0.5) is 0 Å². The largest absolute Gasteiger partial charge is 0.493 e. The smallest absolute Gasteiger partial charge is 0.161 e. The van der Waals surface area contributed by atoms with Crippen molar-refractivity contribution in [3.8, 4) is 11.5 Å². The van der Waals surface area contributed by atoms with Gasteiger partial charge in [0, 0.05) is 18.0 Å². The first-order valence-electron chi connectivity index (χ1n) is 8.45. The van der Waals surface area contributed by atoms with Gasteiger partial charge in [0.15, 0.2) is 11.5 Å². The number of hydrogen-bond donors (Lipinski definition) is 1. The summed E-state index contributed by atoms with van der Waals surface area (Å²) in [5, 5.41) is 12.5. The van der Waals surface area contributed by atoms with Crippen molar-refractivity contribution in [2.24, 2.45) is 0 Å². The Morgan fingerprint density at radius 3 is 2.62 bits per heavy atom. The number of hydrogen-bond acceptors (Lipinski definition) is 6. The minimum Gasteiger partial charge on any atom is -0.493 e. The summed E-state index contributed by atoms with van der Waals surface area (Å²) in [6.07, 6.45) is 1.04. The lowest BCUT2D eigenvalue weighted by Crippen LogP contribution is -2.34. The molecule has 2 aromatic heterocycles. The van der Waals surface area contributed by atoms with Crippen LogP contribution in [0.2, 0.25) is 0 Å². The summed E-state index contributed by atoms with van der Waals surface area (Å²) in [5.41, 5.74) is 0. The Hall–Kier alpha value is -2.28. The molecule has 0 aliphatic heterocycles. The number of aliphatic hydroxyl groups is 1. The Kier molecular flexibility index (Phi) is 6.71. The van der Waals surface area contributed by atoms with Crippen molar-refractivity contribution in [2.45, 2.75) is 19.2 Å². The molecule has 6 heteroatoms. The SMILES string of the molecule is COc1ccccc1OC[C@@H](O)CN(Cc1ccco1)Cc1cccs1. The van der Waals surface area contributed by atoms with Crippen LogP contribution in [0.25, 0.3) is 0 Å². The zero-order chi connectivity index (χ0) is 18.2. The molecule has 0 fully saturated rings. The Balaban J connectivity index is 1.58. The number of benzene rings is 1. The van der Waals surface area contributed by atoms with Crippen LogP contribution < -0.4 is 9.47 Å². The maximum Gasteiger partial charge on any atom is 0.161 e. The van der Waals surface area contributed by atoms with Crippen LogP contribution in [-0.4, -0.2) is 36.4 Å². The van der Waals surface area contributed by atoms with Crippen molar-refractivity contribution in [1.82, 2.24) is 4.90 Å². The maximum atomic E-state index is 10.5. The number of methoxy groups -OCH3 is 1. The highest BCUT2D eigenvalue weighted by Crippen LogP contribution is 2.26. The van der Waals surface area contributed by atoms with Crippen molar-refractivity contribution in [2.75, 3.05) is 20.3 Å². The minimum absolute atomic E-state index is 0.194. The molecule has 0 saturated carbocycles. The van der Waals surface area contributed by atoms with Gasteiger partial charge in [0.05, 0.1) is 19.9 Å². The van der Waals surface area contributed by atoms with Gasteiger partial charge in [-0.15, -0.1) is 11.3 Å². The molecule has 0 amide bonds. The van der Waals surface area contributed by atoms with Gasteiger partial charge >= 0.3 is 0 Å². The Morgan fingerprint density at radius 2 is 1.92 bits per heavy atom. The van der Waals surface area contributed by atoms with E-state index in [1.165, 1.54) is 4.88 Å². The van der Waals surface area contributed by atoms with E-state index in [1.807, 2.05) is 42.5 Å². The summed E-state index contributed by atoms with van der Waals surface area (Å²) < 4.78 is 16.5. The molecule has 2 heterocycles. The molecule has 0 aliphatic rings. The zero-order valence-electron chi connectivity index (χ0n) is 14.7. The fraction of sp³-hybridized carbons (Fsp3) is 0.300. The molecule has 1 N–H and O–H groups in total. The van der Waals surface area contributed by atoms with Crippen molar-refractivity contribution in [3.05, 3.63) is 70.8 Å². The molecule has 26 heavy (non-hydrogen) atoms. The number of thiophene rings is 1. The van der Waals surface area contributed by atoms with Gasteiger partial charge in [-0.2, -0.15) is 0 Å². The standard InChI is InChI=1S/C20H23NO4S/c1-23-19-8-2-3-9-20(19)25-15-16(22)12-21(13-17-6-4-10-24-17)14-18-7-5-11-26-18/h2-11,16,22H,12-15H2,1H3/t16-/m0/s1. The van der Waals surface area contributed by atoms with E-state index in [2.05, 4.69) is 16.3 Å². The first-order chi connectivity index (χ1) is 12.7. The van der Waals surface area contributed by atoms with E-state index in [-0.39, 0.29) is 6.61 Å². The fourth-order valence-electron chi connectivity index (χ4n) is 2.71. The van der Waals surface area contributed by atoms with E-state index in [0.717, 1.165) is 12.3 Å². The van der Waals surface area contributed by atoms with E-state index < -0.39 is 6.10 Å². The highest BCUT2D eigenvalue weighted by Gasteiger charge is 2.16. The molecule has 0 unspecified atom stereocenters. The molecule has 0 aliphatic carbocycles. The Bertz CT molecular complexity index is 722. The zero-order valence-corrected chi connectivity index (χ0v) is 15.5. The van der Waals surface area contributed by atoms with Crippen molar-refractivity contribution >= 4 is 11.3 Å². The van der Waals surface area contributed by atoms with Gasteiger partial charge in [-0.1, -0.05) is 18.2 Å². The maximum absolute atomic E-state index is 10.5. The van der Waals surface area contributed by atoms with Gasteiger partial charge < -0.3 is 19.0 Å². The molecule has 0 bridgehead atoms. The number of rotatable bonds is 10. The van der Waals surface area contributed by atoms with E-state index in [0.29, 0.717) is 24.6 Å². The van der Waals surface area contributed by atoms with E-state index in [1.54, 1.807) is 24.7 Å². The molecule has 3 rings (SSSR count). The number of para-hydroxylation sites is 2. The first kappa shape index (κ1) is 18.5. The number of nitrogens with zero attached hydrogens (tertiary/aromatic N) is 1. The molecule has 138 valence electrons. The molecule has 1 atom stereocenters. The number of furan rings is 1. The van der Waals surface area contributed by atoms with Crippen LogP contribution in [0.1, 0.15) is 10.6 Å². The van der Waals surface area contributed by atoms with Gasteiger partial charge in [0.1, 0.15) is 18.5 Å². The second-order valence-electron chi connectivity index (χ2n) is 5.94. The van der Waals surface area contributed by atoms with E-state index in [9.17, 15) is 5.11 Å². The predicted molar refractivity (Wildman–Crippen MR) is 102 cm³/mol. The molecular weight excluding hydrogens is 350 g/mol. The summed E-state index contributed by atoms with van der Waals surface area (Å²) in [4.78, 5) is 3.40. The van der Waals surface area contributed by atoms with Gasteiger partial charge in [0.25, 0.3) is 0 Å². The highest BCUT2D eigenvalue weighted by molar-refractivity contribution is 7.09. The van der Waals surface area contributed by atoms with Crippen molar-refractivity contribution < 1.29 is 19.0 Å². The molecule has 0 radical (unpaired) electrons. The van der Waals surface area contributed by atoms with Crippen LogP contribution in [0, 0.1) is 0 Å². The molecule has 3 aromatic rings. The highest BCUT2D eigenvalue weighted by atomic mass is 32.1. The second kappa shape index (κ2) is 9.43. The molecule has 0 spiro atoms. The van der Waals surface area contributed by atoms with Crippen LogP contribution in [0.15, 0.2) is 64.6 Å². The van der Waals surface area contributed by atoms with Crippen molar-refractivity contribution in [3.63, 3.8) is 0 Å². The normalized spacial score (nSPS) is 12.3. The molecule has 0 saturated heterocycles. The van der Waals surface area contributed by atoms with E-state index >= 15 is 0 Å². The van der Waals surface area contributed by atoms with Crippen LogP contribution in [0.3, 0.4) is 0 Å². The third kappa shape index (κ3) is 5.36. The monoisotopic (exact) mass is 373 g/mol. The fourth-order valence-corrected chi connectivity index (χ4v) is 3.45. The minimum atomic E-state index is -0.630. The van der Waals surface area contributed by atoms with Gasteiger partial charge in [-0.3, -0.25) is 4.90 Å². The lowest BCUT2D eigenvalue weighted by molar-refractivity contribution is 0.0599. The Labute approximate surface area is 157 Å². The lowest BCUT2D eigenvalue weighted by Gasteiger charge is -2.24. The van der Waals surface area contributed by atoms with Crippen LogP contribution in [-0.2, 0) is 13.1 Å². The molecule has 5 nitrogen and oxygen atoms in total. The quantitative estimate of drug-likeness (QED) is 0.586. The summed E-state index contributed by atoms with van der Waals surface area (Å²) in [7, 11) is 1.60. The molecular formula is C20H23NO4S. The summed E-state index contributed by atoms with van der Waals surface area (Å²) in [6, 6.07) is 15.4. The van der Waals surface area contributed by atoms with Gasteiger partial charge in [-0.05, 0) is 35.7 Å². The lowest BCUT2D eigenvalue weighted by atomic mass is 10.3. The van der Waals surface area contributed by atoms with Crippen LogP contribution in [0.5, 0.6) is 11.5 Å². The second-order valence-corrected chi connectivity index (χ2v) is 6.98. The van der Waals surface area contributed by atoms with Gasteiger partial charge in [-0.25, -0.2) is 0 Å². The number of ether oxygens (including phenoxy) is 2. The topological polar surface area (TPSA) is 55.1 Å². The molecule has 1 aromatic carbocycles. The van der Waals surface area contributed by atoms with E-state index in [4.69, 9.17) is 13.9 Å². The third-order valence-electron chi connectivity index (χ3n) is 3.89. The first-order valence-corrected chi connectivity index (χ1v) is 9.33. The number of aliphatic hydroxyl groups excluding tert-OH is 1. The van der Waals surface area contributed by atoms with Gasteiger partial charge in [0.2, 0.25) is 0 Å². The summed E-state index contributed by atoms with van der Waals surface area (Å²) >= 11 is 1.70. The van der Waals surface area contributed by atoms with Crippen LogP contribution >= 0.6 is 11.3 Å². The third-order valence-corrected chi connectivity index (χ3v) is 4.75. The summed E-state index contributed by atoms with van der Waals surface area (Å²) in [6.45, 7) is 2.06. The predicted octanol–water partition coefficient (Wildman–Crippen LogP) is 3.79. The average molecular weight is 373 g/mol. The Morgan fingerprint density at radius 1 is 1.08 bits per heavy atom. The summed E-state index contributed by atoms with van der Waals surface area (Å²) in [5.74, 6) is 2.16.